The fourth-order valence-electron chi connectivity index (χ4n) is 4.11. The molecule has 0 radical (unpaired) electrons. The largest absolute Gasteiger partial charge is 0.484 e. The minimum atomic E-state index is -0.718. The van der Waals surface area contributed by atoms with Crippen LogP contribution in [0.2, 0.25) is 5.02 Å². The summed E-state index contributed by atoms with van der Waals surface area (Å²) < 4.78 is 5.91. The van der Waals surface area contributed by atoms with Crippen molar-refractivity contribution in [1.82, 2.24) is 10.2 Å². The quantitative estimate of drug-likeness (QED) is 0.302. The van der Waals surface area contributed by atoms with Gasteiger partial charge in [-0.2, -0.15) is 0 Å². The van der Waals surface area contributed by atoms with Crippen LogP contribution in [0.1, 0.15) is 57.7 Å². The molecule has 3 aromatic carbocycles. The van der Waals surface area contributed by atoms with Crippen LogP contribution >= 0.6 is 11.6 Å². The van der Waals surface area contributed by atoms with Crippen LogP contribution in [0.5, 0.6) is 5.75 Å². The first-order valence-corrected chi connectivity index (χ1v) is 13.6. The summed E-state index contributed by atoms with van der Waals surface area (Å²) in [5, 5.41) is 3.65. The van der Waals surface area contributed by atoms with Gasteiger partial charge in [0.2, 0.25) is 5.91 Å². The molecule has 3 aromatic rings. The van der Waals surface area contributed by atoms with Gasteiger partial charge in [-0.1, -0.05) is 93.9 Å². The highest BCUT2D eigenvalue weighted by Gasteiger charge is 2.31. The lowest BCUT2D eigenvalue weighted by atomic mass is 9.87. The fraction of sp³-hybridized carbons (Fsp3) is 0.375. The molecule has 38 heavy (non-hydrogen) atoms. The topological polar surface area (TPSA) is 58.6 Å². The lowest BCUT2D eigenvalue weighted by Crippen LogP contribution is -2.53. The zero-order chi connectivity index (χ0) is 27.7. The Balaban J connectivity index is 1.89. The third kappa shape index (κ3) is 8.63. The van der Waals surface area contributed by atoms with Crippen molar-refractivity contribution in [2.45, 2.75) is 71.5 Å². The molecule has 0 heterocycles. The van der Waals surface area contributed by atoms with Crippen molar-refractivity contribution in [3.8, 4) is 5.75 Å². The van der Waals surface area contributed by atoms with Crippen molar-refractivity contribution in [3.05, 3.63) is 101 Å². The minimum absolute atomic E-state index is 0.0125. The van der Waals surface area contributed by atoms with E-state index in [4.69, 9.17) is 16.3 Å². The predicted molar refractivity (Wildman–Crippen MR) is 154 cm³/mol. The van der Waals surface area contributed by atoms with Crippen LogP contribution in [0.3, 0.4) is 0 Å². The number of carbonyl (C=O) groups is 2. The summed E-state index contributed by atoms with van der Waals surface area (Å²) in [4.78, 5) is 28.9. The molecule has 6 heteroatoms. The molecule has 0 aromatic heterocycles. The Morgan fingerprint density at radius 2 is 1.61 bits per heavy atom. The Morgan fingerprint density at radius 3 is 2.21 bits per heavy atom. The van der Waals surface area contributed by atoms with E-state index < -0.39 is 6.04 Å². The van der Waals surface area contributed by atoms with Gasteiger partial charge in [-0.05, 0) is 59.7 Å². The molecule has 0 spiro atoms. The monoisotopic (exact) mass is 534 g/mol. The van der Waals surface area contributed by atoms with Crippen LogP contribution in [-0.4, -0.2) is 35.4 Å². The van der Waals surface area contributed by atoms with Gasteiger partial charge in [-0.25, -0.2) is 0 Å². The van der Waals surface area contributed by atoms with Gasteiger partial charge in [0.15, 0.2) is 6.61 Å². The van der Waals surface area contributed by atoms with E-state index in [0.29, 0.717) is 17.2 Å². The molecule has 0 saturated carbocycles. The SMILES string of the molecule is CC[C@H](C)NC(=O)[C@H](Cc1ccccc1)N(Cc1cccc(Cl)c1)C(=O)COc1ccc(C(C)(C)C)cc1. The first kappa shape index (κ1) is 29.2. The van der Waals surface area contributed by atoms with Crippen LogP contribution in [-0.2, 0) is 28.0 Å². The number of hydrogen-bond acceptors (Lipinski definition) is 3. The van der Waals surface area contributed by atoms with Gasteiger partial charge in [0.05, 0.1) is 0 Å². The fourth-order valence-corrected chi connectivity index (χ4v) is 4.32. The lowest BCUT2D eigenvalue weighted by Gasteiger charge is -2.32. The normalized spacial score (nSPS) is 12.9. The second kappa shape index (κ2) is 13.5. The molecule has 5 nitrogen and oxygen atoms in total. The maximum absolute atomic E-state index is 13.7. The standard InChI is InChI=1S/C32H39ClN2O3/c1-6-23(2)34-31(37)29(20-24-11-8-7-9-12-24)35(21-25-13-10-14-27(33)19-25)30(36)22-38-28-17-15-26(16-18-28)32(3,4)5/h7-19,23,29H,6,20-22H2,1-5H3,(H,34,37)/t23-,29-/m0/s1. The second-order valence-corrected chi connectivity index (χ2v) is 11.2. The number of rotatable bonds is 11. The highest BCUT2D eigenvalue weighted by molar-refractivity contribution is 6.30. The molecule has 0 aliphatic heterocycles. The van der Waals surface area contributed by atoms with Crippen LogP contribution in [0.25, 0.3) is 0 Å². The van der Waals surface area contributed by atoms with Crippen LogP contribution < -0.4 is 10.1 Å². The number of halogens is 1. The first-order valence-electron chi connectivity index (χ1n) is 13.2. The van der Waals surface area contributed by atoms with Gasteiger partial charge >= 0.3 is 0 Å². The zero-order valence-electron chi connectivity index (χ0n) is 23.0. The Morgan fingerprint density at radius 1 is 0.947 bits per heavy atom. The summed E-state index contributed by atoms with van der Waals surface area (Å²) in [6.45, 7) is 10.5. The van der Waals surface area contributed by atoms with Crippen molar-refractivity contribution < 1.29 is 14.3 Å². The van der Waals surface area contributed by atoms with Crippen molar-refractivity contribution >= 4 is 23.4 Å². The van der Waals surface area contributed by atoms with Crippen molar-refractivity contribution in [2.75, 3.05) is 6.61 Å². The lowest BCUT2D eigenvalue weighted by molar-refractivity contribution is -0.143. The van der Waals surface area contributed by atoms with Gasteiger partial charge in [0.25, 0.3) is 5.91 Å². The third-order valence-corrected chi connectivity index (χ3v) is 6.83. The molecule has 0 saturated heterocycles. The van der Waals surface area contributed by atoms with E-state index >= 15 is 0 Å². The van der Waals surface area contributed by atoms with Crippen LogP contribution in [0.4, 0.5) is 0 Å². The number of benzene rings is 3. The Kier molecular flexibility index (Phi) is 10.4. The predicted octanol–water partition coefficient (Wildman–Crippen LogP) is 6.57. The van der Waals surface area contributed by atoms with E-state index in [1.807, 2.05) is 86.6 Å². The van der Waals surface area contributed by atoms with Gasteiger partial charge in [-0.3, -0.25) is 9.59 Å². The van der Waals surface area contributed by atoms with Gasteiger partial charge < -0.3 is 15.0 Å². The number of amides is 2. The summed E-state index contributed by atoms with van der Waals surface area (Å²) in [6, 6.07) is 24.2. The molecule has 202 valence electrons. The maximum atomic E-state index is 13.7. The van der Waals surface area contributed by atoms with Crippen molar-refractivity contribution in [3.63, 3.8) is 0 Å². The Hall–Kier alpha value is -3.31. The Labute approximate surface area is 232 Å². The highest BCUT2D eigenvalue weighted by atomic mass is 35.5. The summed E-state index contributed by atoms with van der Waals surface area (Å²) >= 11 is 6.25. The molecule has 0 aliphatic rings. The molecule has 0 unspecified atom stereocenters. The second-order valence-electron chi connectivity index (χ2n) is 10.7. The molecule has 2 atom stereocenters. The van der Waals surface area contributed by atoms with Crippen LogP contribution in [0, 0.1) is 0 Å². The van der Waals surface area contributed by atoms with E-state index in [9.17, 15) is 9.59 Å². The average Bonchev–Trinajstić information content (AvgIpc) is 2.89. The summed E-state index contributed by atoms with van der Waals surface area (Å²) in [5.74, 6) is 0.149. The molecule has 0 bridgehead atoms. The van der Waals surface area contributed by atoms with Crippen molar-refractivity contribution in [2.24, 2.45) is 0 Å². The van der Waals surface area contributed by atoms with E-state index in [0.717, 1.165) is 17.5 Å². The maximum Gasteiger partial charge on any atom is 0.261 e. The molecular formula is C32H39ClN2O3. The summed E-state index contributed by atoms with van der Waals surface area (Å²) in [5.41, 5.74) is 3.02. The smallest absolute Gasteiger partial charge is 0.261 e. The molecule has 1 N–H and O–H groups in total. The number of ether oxygens (including phenoxy) is 1. The van der Waals surface area contributed by atoms with E-state index in [-0.39, 0.29) is 36.4 Å². The van der Waals surface area contributed by atoms with E-state index in [2.05, 4.69) is 26.1 Å². The number of carbonyl (C=O) groups excluding carboxylic acids is 2. The number of nitrogens with zero attached hydrogens (tertiary/aromatic N) is 1. The molecule has 0 fully saturated rings. The summed E-state index contributed by atoms with van der Waals surface area (Å²) in [7, 11) is 0. The third-order valence-electron chi connectivity index (χ3n) is 6.60. The molecule has 3 rings (SSSR count). The van der Waals surface area contributed by atoms with Crippen LogP contribution in [0.15, 0.2) is 78.9 Å². The highest BCUT2D eigenvalue weighted by Crippen LogP contribution is 2.24. The molecule has 0 aliphatic carbocycles. The van der Waals surface area contributed by atoms with E-state index in [1.54, 1.807) is 11.0 Å². The molecule has 2 amide bonds. The van der Waals surface area contributed by atoms with Gasteiger partial charge in [0, 0.05) is 24.0 Å². The minimum Gasteiger partial charge on any atom is -0.484 e. The molecular weight excluding hydrogens is 496 g/mol. The number of nitrogens with one attached hydrogen (secondary N) is 1. The van der Waals surface area contributed by atoms with Gasteiger partial charge in [-0.15, -0.1) is 0 Å². The van der Waals surface area contributed by atoms with Crippen molar-refractivity contribution in [1.29, 1.82) is 0 Å². The van der Waals surface area contributed by atoms with Gasteiger partial charge in [0.1, 0.15) is 11.8 Å². The zero-order valence-corrected chi connectivity index (χ0v) is 23.8. The Bertz CT molecular complexity index is 1190. The summed E-state index contributed by atoms with van der Waals surface area (Å²) in [6.07, 6.45) is 1.18. The number of hydrogen-bond donors (Lipinski definition) is 1. The van der Waals surface area contributed by atoms with E-state index in [1.165, 1.54) is 5.56 Å². The first-order chi connectivity index (χ1) is 18.1. The average molecular weight is 535 g/mol.